The molecule has 1 saturated heterocycles. The smallest absolute Gasteiger partial charge is 0.176 e. The summed E-state index contributed by atoms with van der Waals surface area (Å²) in [4.78, 5) is 0. The monoisotopic (exact) mass is 742 g/mol. The summed E-state index contributed by atoms with van der Waals surface area (Å²) in [6.45, 7) is 0.939. The Morgan fingerprint density at radius 1 is 0.564 bits per heavy atom. The molecule has 0 bridgehead atoms. The number of nitrogens with two attached hydrogens (primary N) is 4. The molecule has 6 aromatic carbocycles. The highest BCUT2D eigenvalue weighted by atomic mass is 16.7. The van der Waals surface area contributed by atoms with Gasteiger partial charge in [-0.1, -0.05) is 115 Å². The molecule has 1 saturated carbocycles. The summed E-state index contributed by atoms with van der Waals surface area (Å²) in [5, 5.41) is 18.4. The van der Waals surface area contributed by atoms with E-state index in [1.807, 2.05) is 54.6 Å². The van der Waals surface area contributed by atoms with E-state index in [1.165, 1.54) is 0 Å². The third kappa shape index (κ3) is 8.16. The largest absolute Gasteiger partial charge is 0.388 e. The molecule has 6 aromatic rings. The Labute approximate surface area is 321 Å². The standard InChI is InChI=1S/C45H50N4O6/c46-23-38-43(52-25-28-17-19-30-9-2-4-12-33(30)21-28)44(53-26-34-14-7-13-31-10-5-6-15-35(31)34)39(49)45(54-38)55-42-37(48)22-36(47)41(40(42)50)51-24-27-16-18-29-8-1-3-11-32(29)20-27/h1-21,36-45,50H,22-26,46-49H2/t36-,37+,38-,39-,40-,41+,42-,43-,44-,45-/m1/s1. The Bertz CT molecular complexity index is 2210. The van der Waals surface area contributed by atoms with E-state index in [-0.39, 0.29) is 19.8 Å². The molecule has 1 aliphatic carbocycles. The van der Waals surface area contributed by atoms with Crippen LogP contribution in [-0.2, 0) is 43.5 Å². The number of aliphatic hydroxyl groups is 1. The number of fused-ring (bicyclic) bond motifs is 3. The second-order valence-corrected chi connectivity index (χ2v) is 14.8. The molecule has 9 N–H and O–H groups in total. The molecule has 1 heterocycles. The second kappa shape index (κ2) is 16.8. The Balaban J connectivity index is 1.01. The number of hydrogen-bond donors (Lipinski definition) is 5. The molecule has 10 nitrogen and oxygen atoms in total. The van der Waals surface area contributed by atoms with Gasteiger partial charge >= 0.3 is 0 Å². The first kappa shape index (κ1) is 37.6. The van der Waals surface area contributed by atoms with Gasteiger partial charge in [-0.3, -0.25) is 0 Å². The van der Waals surface area contributed by atoms with Gasteiger partial charge in [0, 0.05) is 18.6 Å². The lowest BCUT2D eigenvalue weighted by Crippen LogP contribution is -2.68. The average molecular weight is 743 g/mol. The molecule has 0 radical (unpaired) electrons. The fourth-order valence-electron chi connectivity index (χ4n) is 8.13. The lowest BCUT2D eigenvalue weighted by Gasteiger charge is -2.48. The lowest BCUT2D eigenvalue weighted by molar-refractivity contribution is -0.302. The fraction of sp³-hybridized carbons (Fsp3) is 0.333. The molecule has 0 unspecified atom stereocenters. The molecular formula is C45H50N4O6. The lowest BCUT2D eigenvalue weighted by atomic mass is 9.84. The Hall–Kier alpha value is -4.30. The van der Waals surface area contributed by atoms with Crippen LogP contribution in [0.1, 0.15) is 23.1 Å². The van der Waals surface area contributed by atoms with Crippen LogP contribution in [0.15, 0.2) is 127 Å². The third-order valence-corrected chi connectivity index (χ3v) is 11.1. The van der Waals surface area contributed by atoms with Crippen molar-refractivity contribution in [3.63, 3.8) is 0 Å². The van der Waals surface area contributed by atoms with Crippen LogP contribution in [0.4, 0.5) is 0 Å². The summed E-state index contributed by atoms with van der Waals surface area (Å²) in [7, 11) is 0. The number of benzene rings is 6. The van der Waals surface area contributed by atoms with Crippen molar-refractivity contribution in [1.29, 1.82) is 0 Å². The number of ether oxygens (including phenoxy) is 5. The van der Waals surface area contributed by atoms with Gasteiger partial charge in [0.15, 0.2) is 6.29 Å². The van der Waals surface area contributed by atoms with Crippen LogP contribution in [0.5, 0.6) is 0 Å². The molecule has 1 aliphatic heterocycles. The first-order valence-electron chi connectivity index (χ1n) is 19.1. The predicted molar refractivity (Wildman–Crippen MR) is 215 cm³/mol. The first-order chi connectivity index (χ1) is 26.9. The van der Waals surface area contributed by atoms with Crippen LogP contribution >= 0.6 is 0 Å². The highest BCUT2D eigenvalue weighted by molar-refractivity contribution is 5.86. The SMILES string of the molecule is NC[C@H]1O[C@H](O[C@H]2[C@H](O)[C@@H](OCc3ccc4ccccc4c3)[C@H](N)C[C@@H]2N)[C@H](N)[C@@H](OCc2cccc3ccccc23)[C@@H]1OCc1ccc2ccccc2c1. The number of hydrogen-bond acceptors (Lipinski definition) is 10. The van der Waals surface area contributed by atoms with Crippen molar-refractivity contribution < 1.29 is 28.8 Å². The average Bonchev–Trinajstić information content (AvgIpc) is 3.21. The summed E-state index contributed by atoms with van der Waals surface area (Å²) < 4.78 is 32.7. The van der Waals surface area contributed by atoms with Crippen LogP contribution in [0.25, 0.3) is 32.3 Å². The molecule has 10 atom stereocenters. The van der Waals surface area contributed by atoms with Gasteiger partial charge in [0.2, 0.25) is 0 Å². The Kier molecular flexibility index (Phi) is 11.5. The van der Waals surface area contributed by atoms with E-state index >= 15 is 0 Å². The molecule has 0 spiro atoms. The van der Waals surface area contributed by atoms with E-state index in [0.29, 0.717) is 13.0 Å². The zero-order valence-corrected chi connectivity index (χ0v) is 30.7. The Morgan fingerprint density at radius 3 is 1.76 bits per heavy atom. The summed E-state index contributed by atoms with van der Waals surface area (Å²) in [6, 6.07) is 41.1. The van der Waals surface area contributed by atoms with Crippen molar-refractivity contribution >= 4 is 32.3 Å². The fourth-order valence-corrected chi connectivity index (χ4v) is 8.13. The summed E-state index contributed by atoms with van der Waals surface area (Å²) >= 11 is 0. The molecule has 8 rings (SSSR count). The Morgan fingerprint density at radius 2 is 1.11 bits per heavy atom. The topological polar surface area (TPSA) is 170 Å². The van der Waals surface area contributed by atoms with Crippen molar-refractivity contribution in [2.45, 2.75) is 87.3 Å². The van der Waals surface area contributed by atoms with Crippen LogP contribution in [0, 0.1) is 0 Å². The number of aliphatic hydroxyl groups excluding tert-OH is 1. The van der Waals surface area contributed by atoms with E-state index in [1.54, 1.807) is 0 Å². The van der Waals surface area contributed by atoms with Gasteiger partial charge in [-0.2, -0.15) is 0 Å². The summed E-state index contributed by atoms with van der Waals surface area (Å²) in [5.74, 6) is 0. The van der Waals surface area contributed by atoms with E-state index in [0.717, 1.165) is 49.0 Å². The quantitative estimate of drug-likeness (QED) is 0.115. The van der Waals surface area contributed by atoms with Crippen LogP contribution in [-0.4, -0.2) is 72.7 Å². The molecular weight excluding hydrogens is 693 g/mol. The minimum absolute atomic E-state index is 0.116. The summed E-state index contributed by atoms with van der Waals surface area (Å²) in [6.07, 6.45) is -5.38. The minimum Gasteiger partial charge on any atom is -0.388 e. The molecule has 10 heteroatoms. The van der Waals surface area contributed by atoms with Crippen molar-refractivity contribution in [2.75, 3.05) is 6.54 Å². The molecule has 0 aromatic heterocycles. The van der Waals surface area contributed by atoms with Gasteiger partial charge in [0.05, 0.1) is 25.9 Å². The maximum atomic E-state index is 11.7. The normalized spacial score (nSPS) is 28.5. The molecule has 55 heavy (non-hydrogen) atoms. The zero-order chi connectivity index (χ0) is 37.9. The minimum atomic E-state index is -1.15. The van der Waals surface area contributed by atoms with E-state index in [2.05, 4.69) is 72.8 Å². The highest BCUT2D eigenvalue weighted by Crippen LogP contribution is 2.32. The number of rotatable bonds is 12. The van der Waals surface area contributed by atoms with Crippen LogP contribution < -0.4 is 22.9 Å². The van der Waals surface area contributed by atoms with E-state index < -0.39 is 61.0 Å². The highest BCUT2D eigenvalue weighted by Gasteiger charge is 2.50. The summed E-state index contributed by atoms with van der Waals surface area (Å²) in [5.41, 5.74) is 29.5. The van der Waals surface area contributed by atoms with Crippen molar-refractivity contribution in [3.05, 3.63) is 144 Å². The van der Waals surface area contributed by atoms with Crippen LogP contribution in [0.2, 0.25) is 0 Å². The third-order valence-electron chi connectivity index (χ3n) is 11.1. The first-order valence-corrected chi connectivity index (χ1v) is 19.1. The molecule has 0 amide bonds. The van der Waals surface area contributed by atoms with Crippen LogP contribution in [0.3, 0.4) is 0 Å². The predicted octanol–water partition coefficient (Wildman–Crippen LogP) is 5.02. The van der Waals surface area contributed by atoms with Crippen molar-refractivity contribution in [2.24, 2.45) is 22.9 Å². The maximum Gasteiger partial charge on any atom is 0.176 e. The van der Waals surface area contributed by atoms with E-state index in [9.17, 15) is 5.11 Å². The van der Waals surface area contributed by atoms with Gasteiger partial charge in [0.1, 0.15) is 36.6 Å². The van der Waals surface area contributed by atoms with Crippen molar-refractivity contribution in [1.82, 2.24) is 0 Å². The van der Waals surface area contributed by atoms with Gasteiger partial charge < -0.3 is 51.7 Å². The zero-order valence-electron chi connectivity index (χ0n) is 30.7. The second-order valence-electron chi connectivity index (χ2n) is 14.8. The molecule has 286 valence electrons. The van der Waals surface area contributed by atoms with Gasteiger partial charge in [-0.15, -0.1) is 0 Å². The molecule has 2 fully saturated rings. The maximum absolute atomic E-state index is 11.7. The molecule has 2 aliphatic rings. The van der Waals surface area contributed by atoms with Gasteiger partial charge in [0.25, 0.3) is 0 Å². The van der Waals surface area contributed by atoms with Gasteiger partial charge in [-0.25, -0.2) is 0 Å². The van der Waals surface area contributed by atoms with E-state index in [4.69, 9.17) is 46.6 Å². The van der Waals surface area contributed by atoms with Gasteiger partial charge in [-0.05, 0) is 67.6 Å². The van der Waals surface area contributed by atoms with Crippen molar-refractivity contribution in [3.8, 4) is 0 Å².